The summed E-state index contributed by atoms with van der Waals surface area (Å²) >= 11 is 0. The molecule has 3 rings (SSSR count). The summed E-state index contributed by atoms with van der Waals surface area (Å²) < 4.78 is 0. The molecule has 0 saturated carbocycles. The summed E-state index contributed by atoms with van der Waals surface area (Å²) in [5.41, 5.74) is 11.3. The zero-order valence-electron chi connectivity index (χ0n) is 18.5. The zero-order valence-corrected chi connectivity index (χ0v) is 18.5. The van der Waals surface area contributed by atoms with Gasteiger partial charge in [0.1, 0.15) is 0 Å². The molecule has 1 nitrogen and oxygen atoms in total. The van der Waals surface area contributed by atoms with Gasteiger partial charge < -0.3 is 4.90 Å². The maximum Gasteiger partial charge on any atom is 0.0411 e. The maximum absolute atomic E-state index is 2.26. The van der Waals surface area contributed by atoms with Crippen molar-refractivity contribution in [2.24, 2.45) is 0 Å². The third-order valence-electron chi connectivity index (χ3n) is 5.33. The van der Waals surface area contributed by atoms with Gasteiger partial charge in [-0.05, 0) is 86.7 Å². The van der Waals surface area contributed by atoms with E-state index in [2.05, 4.69) is 125 Å². The Morgan fingerprint density at radius 3 is 1.62 bits per heavy atom. The van der Waals surface area contributed by atoms with Crippen LogP contribution in [0.5, 0.6) is 0 Å². The Labute approximate surface area is 176 Å². The highest BCUT2D eigenvalue weighted by Gasteiger charge is 2.07. The Balaban J connectivity index is 1.83. The van der Waals surface area contributed by atoms with Gasteiger partial charge >= 0.3 is 0 Å². The van der Waals surface area contributed by atoms with E-state index in [9.17, 15) is 0 Å². The molecule has 0 aromatic heterocycles. The SMILES string of the molecule is CC=Cc1ccc(N(C)c2ccc(C=Cc3cc(C)cc(C)c3)c(C)c2)cc1C. The van der Waals surface area contributed by atoms with Crippen molar-refractivity contribution in [2.75, 3.05) is 11.9 Å². The molecule has 1 heteroatoms. The number of allylic oxidation sites excluding steroid dienone is 1. The monoisotopic (exact) mass is 381 g/mol. The van der Waals surface area contributed by atoms with Crippen molar-refractivity contribution in [1.29, 1.82) is 0 Å². The minimum Gasteiger partial charge on any atom is -0.345 e. The third-order valence-corrected chi connectivity index (χ3v) is 5.33. The van der Waals surface area contributed by atoms with Crippen molar-refractivity contribution in [3.63, 3.8) is 0 Å². The summed E-state index contributed by atoms with van der Waals surface area (Å²) in [7, 11) is 2.13. The Morgan fingerprint density at radius 2 is 1.14 bits per heavy atom. The van der Waals surface area contributed by atoms with Gasteiger partial charge in [-0.15, -0.1) is 0 Å². The van der Waals surface area contributed by atoms with E-state index in [0.717, 1.165) is 0 Å². The lowest BCUT2D eigenvalue weighted by Crippen LogP contribution is -2.10. The van der Waals surface area contributed by atoms with E-state index in [0.29, 0.717) is 0 Å². The molecule has 0 aliphatic rings. The lowest BCUT2D eigenvalue weighted by Gasteiger charge is -2.21. The molecular formula is C28H31N. The topological polar surface area (TPSA) is 3.24 Å². The average Bonchev–Trinajstić information content (AvgIpc) is 2.67. The summed E-state index contributed by atoms with van der Waals surface area (Å²) in [5.74, 6) is 0. The summed E-state index contributed by atoms with van der Waals surface area (Å²) in [4.78, 5) is 2.25. The van der Waals surface area contributed by atoms with Gasteiger partial charge in [0, 0.05) is 18.4 Å². The summed E-state index contributed by atoms with van der Waals surface area (Å²) in [6, 6.07) is 19.9. The molecule has 3 aromatic carbocycles. The smallest absolute Gasteiger partial charge is 0.0411 e. The molecule has 148 valence electrons. The maximum atomic E-state index is 2.26. The van der Waals surface area contributed by atoms with Gasteiger partial charge in [-0.25, -0.2) is 0 Å². The van der Waals surface area contributed by atoms with Crippen LogP contribution in [0.4, 0.5) is 11.4 Å². The second-order valence-electron chi connectivity index (χ2n) is 7.90. The first-order chi connectivity index (χ1) is 13.9. The lowest BCUT2D eigenvalue weighted by atomic mass is 10.0. The molecule has 0 aliphatic carbocycles. The fourth-order valence-electron chi connectivity index (χ4n) is 3.73. The van der Waals surface area contributed by atoms with Crippen molar-refractivity contribution < 1.29 is 0 Å². The Kier molecular flexibility index (Phi) is 6.39. The third kappa shape index (κ3) is 5.06. The number of nitrogens with zero attached hydrogens (tertiary/aromatic N) is 1. The zero-order chi connectivity index (χ0) is 21.0. The summed E-state index contributed by atoms with van der Waals surface area (Å²) in [6.45, 7) is 10.7. The molecule has 0 fully saturated rings. The highest BCUT2D eigenvalue weighted by molar-refractivity contribution is 5.74. The predicted octanol–water partition coefficient (Wildman–Crippen LogP) is 7.89. The lowest BCUT2D eigenvalue weighted by molar-refractivity contribution is 1.19. The van der Waals surface area contributed by atoms with Crippen LogP contribution in [0.3, 0.4) is 0 Å². The van der Waals surface area contributed by atoms with Gasteiger partial charge in [-0.1, -0.05) is 65.8 Å². The molecule has 29 heavy (non-hydrogen) atoms. The van der Waals surface area contributed by atoms with Gasteiger partial charge in [0.05, 0.1) is 0 Å². The quantitative estimate of drug-likeness (QED) is 0.406. The molecule has 3 aromatic rings. The van der Waals surface area contributed by atoms with E-state index >= 15 is 0 Å². The molecule has 0 unspecified atom stereocenters. The predicted molar refractivity (Wildman–Crippen MR) is 130 cm³/mol. The molecule has 0 heterocycles. The molecule has 0 spiro atoms. The van der Waals surface area contributed by atoms with E-state index in [1.54, 1.807) is 0 Å². The van der Waals surface area contributed by atoms with Crippen LogP contribution in [-0.4, -0.2) is 7.05 Å². The molecule has 0 N–H and O–H groups in total. The minimum atomic E-state index is 1.20. The highest BCUT2D eigenvalue weighted by atomic mass is 15.1. The molecule has 0 amide bonds. The van der Waals surface area contributed by atoms with Gasteiger partial charge in [0.2, 0.25) is 0 Å². The highest BCUT2D eigenvalue weighted by Crippen LogP contribution is 2.28. The first-order valence-corrected chi connectivity index (χ1v) is 10.2. The summed E-state index contributed by atoms with van der Waals surface area (Å²) in [6.07, 6.45) is 8.65. The fourth-order valence-corrected chi connectivity index (χ4v) is 3.73. The van der Waals surface area contributed by atoms with E-state index in [4.69, 9.17) is 0 Å². The number of hydrogen-bond acceptors (Lipinski definition) is 1. The molecule has 0 radical (unpaired) electrons. The van der Waals surface area contributed by atoms with Gasteiger partial charge in [0.15, 0.2) is 0 Å². The first-order valence-electron chi connectivity index (χ1n) is 10.2. The Bertz CT molecular complexity index is 1050. The van der Waals surface area contributed by atoms with Crippen molar-refractivity contribution in [2.45, 2.75) is 34.6 Å². The van der Waals surface area contributed by atoms with Gasteiger partial charge in [-0.3, -0.25) is 0 Å². The number of aryl methyl sites for hydroxylation is 4. The second kappa shape index (κ2) is 8.96. The standard InChI is InChI=1S/C28H31N/c1-7-8-25-11-13-27(18-22(25)4)29(6)28-14-12-26(23(5)19-28)10-9-24-16-20(2)15-21(3)17-24/h7-19H,1-6H3. The van der Waals surface area contributed by atoms with Crippen molar-refractivity contribution in [1.82, 2.24) is 0 Å². The fraction of sp³-hybridized carbons (Fsp3) is 0.214. The van der Waals surface area contributed by atoms with Crippen molar-refractivity contribution >= 4 is 29.6 Å². The number of hydrogen-bond donors (Lipinski definition) is 0. The van der Waals surface area contributed by atoms with E-state index < -0.39 is 0 Å². The first kappa shape index (κ1) is 20.7. The van der Waals surface area contributed by atoms with Crippen LogP contribution in [0, 0.1) is 27.7 Å². The molecular weight excluding hydrogens is 350 g/mol. The van der Waals surface area contributed by atoms with Crippen LogP contribution >= 0.6 is 0 Å². The van der Waals surface area contributed by atoms with Gasteiger partial charge in [0.25, 0.3) is 0 Å². The van der Waals surface area contributed by atoms with Crippen LogP contribution in [0.15, 0.2) is 60.7 Å². The van der Waals surface area contributed by atoms with Crippen LogP contribution < -0.4 is 4.90 Å². The van der Waals surface area contributed by atoms with Crippen molar-refractivity contribution in [3.8, 4) is 0 Å². The number of rotatable bonds is 5. The number of anilines is 2. The Hall–Kier alpha value is -3.06. The molecule has 0 atom stereocenters. The second-order valence-corrected chi connectivity index (χ2v) is 7.90. The normalized spacial score (nSPS) is 11.5. The van der Waals surface area contributed by atoms with Crippen molar-refractivity contribution in [3.05, 3.63) is 99.6 Å². The minimum absolute atomic E-state index is 1.20. The van der Waals surface area contributed by atoms with Gasteiger partial charge in [-0.2, -0.15) is 0 Å². The Morgan fingerprint density at radius 1 is 0.621 bits per heavy atom. The van der Waals surface area contributed by atoms with E-state index in [1.165, 1.54) is 50.3 Å². The number of benzene rings is 3. The molecule has 0 aliphatic heterocycles. The van der Waals surface area contributed by atoms with Crippen LogP contribution in [0.1, 0.15) is 45.9 Å². The average molecular weight is 382 g/mol. The van der Waals surface area contributed by atoms with Crippen LogP contribution in [0.2, 0.25) is 0 Å². The van der Waals surface area contributed by atoms with Crippen LogP contribution in [0.25, 0.3) is 18.2 Å². The largest absolute Gasteiger partial charge is 0.345 e. The molecule has 0 saturated heterocycles. The summed E-state index contributed by atoms with van der Waals surface area (Å²) in [5, 5.41) is 0. The molecule has 0 bridgehead atoms. The van der Waals surface area contributed by atoms with E-state index in [1.807, 2.05) is 0 Å². The van der Waals surface area contributed by atoms with Crippen LogP contribution in [-0.2, 0) is 0 Å². The van der Waals surface area contributed by atoms with E-state index in [-0.39, 0.29) is 0 Å².